The standard InChI is InChI=1S/C16H17NOS/c1-3-17-13-7-5-6-8-15(13)19-16-11-12(18-4-2)9-10-14(16)17/h5-11H,3-4H2,1-2H3. The first-order valence-electron chi connectivity index (χ1n) is 6.64. The molecule has 19 heavy (non-hydrogen) atoms. The van der Waals surface area contributed by atoms with Gasteiger partial charge in [0.15, 0.2) is 0 Å². The van der Waals surface area contributed by atoms with Crippen LogP contribution in [0, 0.1) is 0 Å². The summed E-state index contributed by atoms with van der Waals surface area (Å²) in [7, 11) is 0. The summed E-state index contributed by atoms with van der Waals surface area (Å²) >= 11 is 1.82. The molecule has 3 heteroatoms. The van der Waals surface area contributed by atoms with Gasteiger partial charge in [0.05, 0.1) is 18.0 Å². The highest BCUT2D eigenvalue weighted by Crippen LogP contribution is 2.48. The molecule has 2 nitrogen and oxygen atoms in total. The zero-order valence-corrected chi connectivity index (χ0v) is 12.0. The van der Waals surface area contributed by atoms with Crippen LogP contribution in [-0.4, -0.2) is 13.2 Å². The number of hydrogen-bond donors (Lipinski definition) is 0. The van der Waals surface area contributed by atoms with Gasteiger partial charge in [0.25, 0.3) is 0 Å². The van der Waals surface area contributed by atoms with Gasteiger partial charge in [-0.25, -0.2) is 0 Å². The van der Waals surface area contributed by atoms with Gasteiger partial charge in [0, 0.05) is 16.3 Å². The molecule has 0 spiro atoms. The minimum atomic E-state index is 0.706. The molecule has 0 atom stereocenters. The summed E-state index contributed by atoms with van der Waals surface area (Å²) in [5.74, 6) is 0.948. The van der Waals surface area contributed by atoms with E-state index < -0.39 is 0 Å². The summed E-state index contributed by atoms with van der Waals surface area (Å²) in [5.41, 5.74) is 2.57. The Bertz CT molecular complexity index is 597. The van der Waals surface area contributed by atoms with E-state index in [4.69, 9.17) is 4.74 Å². The van der Waals surface area contributed by atoms with Gasteiger partial charge in [0.2, 0.25) is 0 Å². The summed E-state index contributed by atoms with van der Waals surface area (Å²) in [6, 6.07) is 14.9. The molecule has 2 aromatic carbocycles. The molecule has 98 valence electrons. The van der Waals surface area contributed by atoms with Crippen LogP contribution < -0.4 is 9.64 Å². The Labute approximate surface area is 118 Å². The van der Waals surface area contributed by atoms with Crippen molar-refractivity contribution in [1.29, 1.82) is 0 Å². The third-order valence-corrected chi connectivity index (χ3v) is 4.34. The predicted octanol–water partition coefficient (Wildman–Crippen LogP) is 4.71. The van der Waals surface area contributed by atoms with Gasteiger partial charge in [0.1, 0.15) is 5.75 Å². The van der Waals surface area contributed by atoms with Crippen LogP contribution in [0.3, 0.4) is 0 Å². The Morgan fingerprint density at radius 2 is 1.79 bits per heavy atom. The summed E-state index contributed by atoms with van der Waals surface area (Å²) in [6.45, 7) is 5.88. The van der Waals surface area contributed by atoms with Crippen LogP contribution in [-0.2, 0) is 0 Å². The predicted molar refractivity (Wildman–Crippen MR) is 80.9 cm³/mol. The average Bonchev–Trinajstić information content (AvgIpc) is 2.45. The summed E-state index contributed by atoms with van der Waals surface area (Å²) in [6.07, 6.45) is 0. The first kappa shape index (κ1) is 12.4. The minimum absolute atomic E-state index is 0.706. The Hall–Kier alpha value is -1.61. The molecule has 1 aliphatic heterocycles. The number of rotatable bonds is 3. The summed E-state index contributed by atoms with van der Waals surface area (Å²) < 4.78 is 5.60. The molecule has 0 fully saturated rings. The monoisotopic (exact) mass is 271 g/mol. The molecular formula is C16H17NOS. The fourth-order valence-corrected chi connectivity index (χ4v) is 3.54. The number of ether oxygens (including phenoxy) is 1. The van der Waals surface area contributed by atoms with Crippen molar-refractivity contribution in [1.82, 2.24) is 0 Å². The third-order valence-electron chi connectivity index (χ3n) is 3.23. The van der Waals surface area contributed by atoms with Crippen LogP contribution in [0.25, 0.3) is 0 Å². The highest BCUT2D eigenvalue weighted by Gasteiger charge is 2.22. The lowest BCUT2D eigenvalue weighted by molar-refractivity contribution is 0.339. The van der Waals surface area contributed by atoms with Crippen molar-refractivity contribution < 1.29 is 4.74 Å². The minimum Gasteiger partial charge on any atom is -0.494 e. The maximum atomic E-state index is 5.60. The number of para-hydroxylation sites is 1. The molecule has 0 amide bonds. The maximum absolute atomic E-state index is 5.60. The Kier molecular flexibility index (Phi) is 3.38. The molecule has 1 heterocycles. The van der Waals surface area contributed by atoms with Crippen LogP contribution in [0.5, 0.6) is 5.75 Å². The molecule has 0 saturated heterocycles. The molecule has 0 aromatic heterocycles. The molecular weight excluding hydrogens is 254 g/mol. The molecule has 1 aliphatic rings. The Balaban J connectivity index is 2.07. The molecule has 0 aliphatic carbocycles. The maximum Gasteiger partial charge on any atom is 0.120 e. The lowest BCUT2D eigenvalue weighted by Gasteiger charge is -2.32. The van der Waals surface area contributed by atoms with Crippen molar-refractivity contribution in [3.8, 4) is 5.75 Å². The van der Waals surface area contributed by atoms with E-state index in [0.717, 1.165) is 12.3 Å². The molecule has 0 saturated carbocycles. The van der Waals surface area contributed by atoms with Gasteiger partial charge in [-0.3, -0.25) is 0 Å². The Morgan fingerprint density at radius 1 is 1.00 bits per heavy atom. The summed E-state index contributed by atoms with van der Waals surface area (Å²) in [4.78, 5) is 4.94. The van der Waals surface area contributed by atoms with Crippen molar-refractivity contribution >= 4 is 23.1 Å². The topological polar surface area (TPSA) is 12.5 Å². The van der Waals surface area contributed by atoms with Crippen molar-refractivity contribution in [2.45, 2.75) is 23.6 Å². The number of fused-ring (bicyclic) bond motifs is 2. The second-order valence-corrected chi connectivity index (χ2v) is 5.46. The summed E-state index contributed by atoms with van der Waals surface area (Å²) in [5, 5.41) is 0. The quantitative estimate of drug-likeness (QED) is 0.802. The number of hydrogen-bond acceptors (Lipinski definition) is 3. The average molecular weight is 271 g/mol. The number of anilines is 2. The molecule has 0 unspecified atom stereocenters. The second kappa shape index (κ2) is 5.17. The lowest BCUT2D eigenvalue weighted by atomic mass is 10.2. The third kappa shape index (κ3) is 2.19. The molecule has 0 radical (unpaired) electrons. The Morgan fingerprint density at radius 3 is 2.58 bits per heavy atom. The SMILES string of the molecule is CCOc1ccc2c(c1)Sc1ccccc1N2CC. The van der Waals surface area contributed by atoms with Gasteiger partial charge >= 0.3 is 0 Å². The fraction of sp³-hybridized carbons (Fsp3) is 0.250. The van der Waals surface area contributed by atoms with Gasteiger partial charge in [-0.1, -0.05) is 23.9 Å². The van der Waals surface area contributed by atoms with Crippen molar-refractivity contribution in [3.63, 3.8) is 0 Å². The van der Waals surface area contributed by atoms with Gasteiger partial charge in [-0.15, -0.1) is 0 Å². The highest BCUT2D eigenvalue weighted by atomic mass is 32.2. The van der Waals surface area contributed by atoms with Crippen LogP contribution in [0.15, 0.2) is 52.3 Å². The van der Waals surface area contributed by atoms with Gasteiger partial charge < -0.3 is 9.64 Å². The first-order valence-corrected chi connectivity index (χ1v) is 7.46. The van der Waals surface area contributed by atoms with E-state index >= 15 is 0 Å². The van der Waals surface area contributed by atoms with E-state index in [9.17, 15) is 0 Å². The van der Waals surface area contributed by atoms with Crippen molar-refractivity contribution in [3.05, 3.63) is 42.5 Å². The molecule has 0 N–H and O–H groups in total. The molecule has 3 rings (SSSR count). The molecule has 2 aromatic rings. The smallest absolute Gasteiger partial charge is 0.120 e. The fourth-order valence-electron chi connectivity index (χ4n) is 2.41. The normalized spacial score (nSPS) is 12.8. The zero-order valence-electron chi connectivity index (χ0n) is 11.2. The van der Waals surface area contributed by atoms with E-state index in [-0.39, 0.29) is 0 Å². The number of nitrogens with zero attached hydrogens (tertiary/aromatic N) is 1. The van der Waals surface area contributed by atoms with Gasteiger partial charge in [-0.2, -0.15) is 0 Å². The van der Waals surface area contributed by atoms with Crippen LogP contribution in [0.2, 0.25) is 0 Å². The lowest BCUT2D eigenvalue weighted by Crippen LogP contribution is -2.19. The highest BCUT2D eigenvalue weighted by molar-refractivity contribution is 7.99. The van der Waals surface area contributed by atoms with E-state index in [1.54, 1.807) is 0 Å². The number of benzene rings is 2. The van der Waals surface area contributed by atoms with Crippen molar-refractivity contribution in [2.75, 3.05) is 18.1 Å². The van der Waals surface area contributed by atoms with E-state index in [2.05, 4.69) is 54.3 Å². The molecule has 0 bridgehead atoms. The van der Waals surface area contributed by atoms with E-state index in [1.807, 2.05) is 18.7 Å². The van der Waals surface area contributed by atoms with Gasteiger partial charge in [-0.05, 0) is 44.2 Å². The van der Waals surface area contributed by atoms with Crippen LogP contribution in [0.4, 0.5) is 11.4 Å². The zero-order chi connectivity index (χ0) is 13.2. The van der Waals surface area contributed by atoms with Crippen molar-refractivity contribution in [2.24, 2.45) is 0 Å². The van der Waals surface area contributed by atoms with E-state index in [1.165, 1.54) is 21.2 Å². The second-order valence-electron chi connectivity index (χ2n) is 4.38. The van der Waals surface area contributed by atoms with Crippen LogP contribution >= 0.6 is 11.8 Å². The van der Waals surface area contributed by atoms with E-state index in [0.29, 0.717) is 6.61 Å². The largest absolute Gasteiger partial charge is 0.494 e. The first-order chi connectivity index (χ1) is 9.33. The van der Waals surface area contributed by atoms with Crippen LogP contribution in [0.1, 0.15) is 13.8 Å².